The first kappa shape index (κ1) is 45.5. The van der Waals surface area contributed by atoms with Crippen LogP contribution in [0.2, 0.25) is 0 Å². The number of phenolic OH excluding ortho intramolecular Hbond substituents is 2. The zero-order valence-corrected chi connectivity index (χ0v) is 37.8. The Bertz CT molecular complexity index is 2540. The normalized spacial score (nSPS) is 10.4. The summed E-state index contributed by atoms with van der Waals surface area (Å²) >= 11 is 0. The molecule has 0 fully saturated rings. The van der Waals surface area contributed by atoms with Gasteiger partial charge in [0.15, 0.2) is 0 Å². The van der Waals surface area contributed by atoms with Gasteiger partial charge in [0.1, 0.15) is 11.5 Å². The molecule has 0 atom stereocenters. The number of benzene rings is 8. The molecule has 0 bridgehead atoms. The van der Waals surface area contributed by atoms with Crippen molar-refractivity contribution in [1.29, 1.82) is 0 Å². The van der Waals surface area contributed by atoms with Gasteiger partial charge >= 0.3 is 21.1 Å². The summed E-state index contributed by atoms with van der Waals surface area (Å²) in [6, 6.07) is 68.4. The second-order valence-corrected chi connectivity index (χ2v) is 14.5. The Kier molecular flexibility index (Phi) is 16.4. The van der Waals surface area contributed by atoms with Crippen LogP contribution in [0.5, 0.6) is 11.5 Å². The van der Waals surface area contributed by atoms with E-state index in [4.69, 9.17) is 0 Å². The standard InChI is InChI=1S/C28H28N3O.C26H24N3O.Pt/c1-3-29-21-30(26-17-11-10-12-22(26)2)27-20-25(18-19-28(27)32)31(23-13-6-4-7-14-23)24-15-8-5-9-16-24;1-20-10-8-9-15-24(20)27-19-28-25-18-23(16-17-26(25)30)29(21-11-4-2-5-12-21)22-13-6-3-7-14-22;/h4-21,29,32H,3H2,1-2H3;2-19,27-28,30H,1H3;/q2*-1;+2. The monoisotopic (exact) mass is 1010 g/mol. The fraction of sp³-hybridized carbons (Fsp3) is 0.0741. The quantitative estimate of drug-likeness (QED) is 0.0513. The Hall–Kier alpha value is -6.99. The number of nitrogens with one attached hydrogen (secondary N) is 3. The molecule has 0 unspecified atom stereocenters. The Morgan fingerprint density at radius 3 is 1.35 bits per heavy atom. The third-order valence-electron chi connectivity index (χ3n) is 10.2. The molecule has 0 amide bonds. The topological polar surface area (TPSA) is 86.3 Å². The van der Waals surface area contributed by atoms with Gasteiger partial charge in [-0.15, -0.1) is 0 Å². The number of para-hydroxylation sites is 6. The number of hydrogen-bond acceptors (Lipinski definition) is 8. The van der Waals surface area contributed by atoms with Gasteiger partial charge in [-0.25, -0.2) is 0 Å². The van der Waals surface area contributed by atoms with E-state index >= 15 is 0 Å². The molecule has 8 aromatic rings. The summed E-state index contributed by atoms with van der Waals surface area (Å²) in [5.74, 6) is 0.398. The van der Waals surface area contributed by atoms with Crippen molar-refractivity contribution in [3.05, 3.63) is 231 Å². The molecule has 0 aliphatic rings. The minimum Gasteiger partial charge on any atom is -0.516 e. The van der Waals surface area contributed by atoms with Crippen LogP contribution in [0.25, 0.3) is 0 Å². The fourth-order valence-electron chi connectivity index (χ4n) is 7.04. The van der Waals surface area contributed by atoms with Gasteiger partial charge in [0, 0.05) is 45.5 Å². The summed E-state index contributed by atoms with van der Waals surface area (Å²) in [4.78, 5) is 6.34. The fourth-order valence-corrected chi connectivity index (χ4v) is 7.04. The van der Waals surface area contributed by atoms with Crippen LogP contribution in [-0.2, 0) is 21.1 Å². The summed E-state index contributed by atoms with van der Waals surface area (Å²) in [6.07, 6.45) is 0. The first-order chi connectivity index (χ1) is 30.4. The van der Waals surface area contributed by atoms with Crippen LogP contribution in [0.1, 0.15) is 18.1 Å². The van der Waals surface area contributed by atoms with E-state index in [-0.39, 0.29) is 32.6 Å². The van der Waals surface area contributed by atoms with Crippen LogP contribution in [0, 0.1) is 27.2 Å². The molecule has 0 aromatic heterocycles. The Morgan fingerprint density at radius 1 is 0.429 bits per heavy atom. The number of aromatic hydroxyl groups is 2. The third-order valence-corrected chi connectivity index (χ3v) is 10.2. The number of aryl methyl sites for hydroxylation is 2. The van der Waals surface area contributed by atoms with Crippen molar-refractivity contribution in [3.8, 4) is 11.5 Å². The second kappa shape index (κ2) is 22.7. The number of phenols is 2. The first-order valence-corrected chi connectivity index (χ1v) is 20.7. The molecule has 0 saturated heterocycles. The summed E-state index contributed by atoms with van der Waals surface area (Å²) in [6.45, 7) is 10.6. The molecule has 63 heavy (non-hydrogen) atoms. The molecule has 0 aliphatic carbocycles. The summed E-state index contributed by atoms with van der Waals surface area (Å²) in [5.41, 5.74) is 11.7. The Labute approximate surface area is 386 Å². The van der Waals surface area contributed by atoms with Crippen molar-refractivity contribution in [2.24, 2.45) is 0 Å². The van der Waals surface area contributed by atoms with Gasteiger partial charge in [-0.1, -0.05) is 116 Å². The van der Waals surface area contributed by atoms with Gasteiger partial charge in [0.05, 0.1) is 11.4 Å². The van der Waals surface area contributed by atoms with Crippen molar-refractivity contribution >= 4 is 56.9 Å². The van der Waals surface area contributed by atoms with Gasteiger partial charge in [0.2, 0.25) is 0 Å². The van der Waals surface area contributed by atoms with Crippen molar-refractivity contribution in [2.75, 3.05) is 31.9 Å². The molecule has 8 nitrogen and oxygen atoms in total. The molecule has 0 heterocycles. The average Bonchev–Trinajstić information content (AvgIpc) is 3.31. The third kappa shape index (κ3) is 11.7. The van der Waals surface area contributed by atoms with Crippen molar-refractivity contribution < 1.29 is 31.3 Å². The van der Waals surface area contributed by atoms with E-state index < -0.39 is 0 Å². The number of rotatable bonds is 15. The van der Waals surface area contributed by atoms with E-state index in [2.05, 4.69) is 100 Å². The van der Waals surface area contributed by atoms with E-state index in [9.17, 15) is 10.2 Å². The van der Waals surface area contributed by atoms with Gasteiger partial charge < -0.3 is 40.9 Å². The van der Waals surface area contributed by atoms with Crippen LogP contribution >= 0.6 is 0 Å². The van der Waals surface area contributed by atoms with Gasteiger partial charge in [-0.05, 0) is 129 Å². The maximum atomic E-state index is 10.9. The van der Waals surface area contributed by atoms with E-state index in [1.54, 1.807) is 18.8 Å². The maximum Gasteiger partial charge on any atom is 2.00 e. The van der Waals surface area contributed by atoms with E-state index in [1.807, 2.05) is 152 Å². The second-order valence-electron chi connectivity index (χ2n) is 14.5. The number of nitrogens with zero attached hydrogens (tertiary/aromatic N) is 3. The smallest absolute Gasteiger partial charge is 0.516 e. The molecular weight excluding hydrogens is 960 g/mol. The molecule has 0 aliphatic heterocycles. The first-order valence-electron chi connectivity index (χ1n) is 20.7. The van der Waals surface area contributed by atoms with Crippen molar-refractivity contribution in [3.63, 3.8) is 0 Å². The van der Waals surface area contributed by atoms with E-state index in [1.165, 1.54) is 0 Å². The largest absolute Gasteiger partial charge is 2.00 e. The summed E-state index contributed by atoms with van der Waals surface area (Å²) in [7, 11) is 0. The summed E-state index contributed by atoms with van der Waals surface area (Å²) in [5, 5.41) is 31.0. The maximum absolute atomic E-state index is 10.9. The Morgan fingerprint density at radius 2 is 0.857 bits per heavy atom. The zero-order valence-electron chi connectivity index (χ0n) is 35.5. The minimum atomic E-state index is 0. The number of hydrogen-bond donors (Lipinski definition) is 5. The molecule has 8 aromatic carbocycles. The van der Waals surface area contributed by atoms with Gasteiger partial charge in [-0.2, -0.15) is 13.3 Å². The predicted molar refractivity (Wildman–Crippen MR) is 260 cm³/mol. The molecule has 0 saturated carbocycles. The molecule has 0 spiro atoms. The molecular formula is C54H52N6O2Pt. The predicted octanol–water partition coefficient (Wildman–Crippen LogP) is 13.8. The van der Waals surface area contributed by atoms with Crippen LogP contribution < -0.4 is 30.7 Å². The molecule has 9 heteroatoms. The molecule has 0 radical (unpaired) electrons. The average molecular weight is 1010 g/mol. The zero-order chi connectivity index (χ0) is 43.1. The number of anilines is 10. The van der Waals surface area contributed by atoms with Gasteiger partial charge in [0.25, 0.3) is 0 Å². The molecule has 320 valence electrons. The Balaban J connectivity index is 0.000000207. The van der Waals surface area contributed by atoms with Crippen LogP contribution in [0.4, 0.5) is 56.9 Å². The van der Waals surface area contributed by atoms with Crippen molar-refractivity contribution in [2.45, 2.75) is 20.8 Å². The SMILES string of the molecule is CCN[CH-]N(c1ccccc1C)c1cc(N(c2ccccc2)c2ccccc2)ccc1O.Cc1ccccc1N[CH-]Nc1cc(N(c2ccccc2)c2ccccc2)ccc1O.[Pt+2]. The van der Waals surface area contributed by atoms with E-state index in [0.29, 0.717) is 11.4 Å². The minimum absolute atomic E-state index is 0. The molecule has 8 rings (SSSR count). The van der Waals surface area contributed by atoms with Crippen LogP contribution in [0.15, 0.2) is 206 Å². The van der Waals surface area contributed by atoms with Crippen LogP contribution in [0.3, 0.4) is 0 Å². The molecule has 5 N–H and O–H groups in total. The van der Waals surface area contributed by atoms with Crippen molar-refractivity contribution in [1.82, 2.24) is 5.32 Å². The summed E-state index contributed by atoms with van der Waals surface area (Å²) < 4.78 is 0. The van der Waals surface area contributed by atoms with Crippen LogP contribution in [-0.4, -0.2) is 16.8 Å². The van der Waals surface area contributed by atoms with E-state index in [0.717, 1.165) is 63.2 Å². The van der Waals surface area contributed by atoms with Gasteiger partial charge in [-0.3, -0.25) is 0 Å².